The fourth-order valence-electron chi connectivity index (χ4n) is 2.32. The number of aromatic nitrogens is 2. The summed E-state index contributed by atoms with van der Waals surface area (Å²) >= 11 is 0. The van der Waals surface area contributed by atoms with Gasteiger partial charge in [0.15, 0.2) is 0 Å². The maximum absolute atomic E-state index is 5.06. The summed E-state index contributed by atoms with van der Waals surface area (Å²) in [5.74, 6) is 1.93. The molecule has 0 aliphatic carbocycles. The van der Waals surface area contributed by atoms with Crippen LogP contribution in [0.4, 0.5) is 5.82 Å². The molecule has 0 saturated carbocycles. The Morgan fingerprint density at radius 1 is 1.40 bits per heavy atom. The molecule has 1 rings (SSSR count). The minimum Gasteiger partial charge on any atom is -0.383 e. The van der Waals surface area contributed by atoms with Crippen LogP contribution in [0.3, 0.4) is 0 Å². The van der Waals surface area contributed by atoms with E-state index in [0.717, 1.165) is 37.9 Å². The predicted molar refractivity (Wildman–Crippen MR) is 84.3 cm³/mol. The number of aryl methyl sites for hydroxylation is 2. The van der Waals surface area contributed by atoms with Gasteiger partial charge in [-0.05, 0) is 19.3 Å². The van der Waals surface area contributed by atoms with Crippen LogP contribution in [0.5, 0.6) is 0 Å². The summed E-state index contributed by atoms with van der Waals surface area (Å²) in [5.41, 5.74) is 2.39. The average molecular weight is 282 g/mol. The molecule has 1 N–H and O–H groups in total. The van der Waals surface area contributed by atoms with Crippen LogP contribution >= 0.6 is 0 Å². The molecule has 5 heteroatoms. The number of methoxy groups -OCH3 is 1. The molecular weight excluding hydrogens is 252 g/mol. The van der Waals surface area contributed by atoms with Crippen molar-refractivity contribution >= 4 is 5.82 Å². The highest BCUT2D eigenvalue weighted by Crippen LogP contribution is 2.22. The molecule has 0 fully saturated rings. The number of ether oxygens (including phenoxy) is 1. The average Bonchev–Trinajstić information content (AvgIpc) is 2.66. The molecule has 0 aromatic carbocycles. The fraction of sp³-hybridized carbons (Fsp3) is 0.800. The molecule has 0 radical (unpaired) electrons. The SMILES string of the molecule is COCCNCc1c(C)nn(C)c1N(C)CCC(C)C. The highest BCUT2D eigenvalue weighted by molar-refractivity contribution is 5.49. The number of nitrogens with one attached hydrogen (secondary N) is 1. The number of anilines is 1. The quantitative estimate of drug-likeness (QED) is 0.703. The molecule has 1 aromatic heterocycles. The van der Waals surface area contributed by atoms with Crippen molar-refractivity contribution < 1.29 is 4.74 Å². The summed E-state index contributed by atoms with van der Waals surface area (Å²) in [4.78, 5) is 2.31. The number of rotatable bonds is 9. The molecule has 0 aliphatic heterocycles. The van der Waals surface area contributed by atoms with E-state index in [2.05, 4.69) is 43.1 Å². The van der Waals surface area contributed by atoms with Crippen molar-refractivity contribution in [1.82, 2.24) is 15.1 Å². The van der Waals surface area contributed by atoms with Gasteiger partial charge in [0.25, 0.3) is 0 Å². The van der Waals surface area contributed by atoms with Crippen molar-refractivity contribution in [2.24, 2.45) is 13.0 Å². The van der Waals surface area contributed by atoms with Gasteiger partial charge in [0.2, 0.25) is 0 Å². The lowest BCUT2D eigenvalue weighted by Crippen LogP contribution is -2.25. The zero-order chi connectivity index (χ0) is 15.1. The molecular formula is C15H30N4O. The third kappa shape index (κ3) is 4.80. The van der Waals surface area contributed by atoms with E-state index in [1.54, 1.807) is 7.11 Å². The van der Waals surface area contributed by atoms with E-state index in [-0.39, 0.29) is 0 Å². The maximum atomic E-state index is 5.06. The first-order valence-corrected chi connectivity index (χ1v) is 7.40. The van der Waals surface area contributed by atoms with E-state index in [0.29, 0.717) is 0 Å². The first kappa shape index (κ1) is 17.0. The monoisotopic (exact) mass is 282 g/mol. The fourth-order valence-corrected chi connectivity index (χ4v) is 2.32. The Kier molecular flexibility index (Phi) is 7.02. The molecule has 0 bridgehead atoms. The summed E-state index contributed by atoms with van der Waals surface area (Å²) in [5, 5.41) is 7.97. The second-order valence-electron chi connectivity index (χ2n) is 5.78. The van der Waals surface area contributed by atoms with Crippen molar-refractivity contribution in [1.29, 1.82) is 0 Å². The van der Waals surface area contributed by atoms with E-state index in [1.165, 1.54) is 17.8 Å². The minimum absolute atomic E-state index is 0.718. The van der Waals surface area contributed by atoms with E-state index < -0.39 is 0 Å². The van der Waals surface area contributed by atoms with Gasteiger partial charge in [-0.15, -0.1) is 0 Å². The van der Waals surface area contributed by atoms with Crippen LogP contribution < -0.4 is 10.2 Å². The second-order valence-corrected chi connectivity index (χ2v) is 5.78. The third-order valence-electron chi connectivity index (χ3n) is 3.50. The lowest BCUT2D eigenvalue weighted by Gasteiger charge is -2.22. The van der Waals surface area contributed by atoms with Crippen LogP contribution in [-0.4, -0.2) is 43.6 Å². The van der Waals surface area contributed by atoms with E-state index in [9.17, 15) is 0 Å². The molecule has 1 aromatic rings. The summed E-state index contributed by atoms with van der Waals surface area (Å²) < 4.78 is 7.05. The van der Waals surface area contributed by atoms with Gasteiger partial charge in [-0.25, -0.2) is 0 Å². The Bertz CT molecular complexity index is 401. The molecule has 0 amide bonds. The zero-order valence-electron chi connectivity index (χ0n) is 13.9. The van der Waals surface area contributed by atoms with Crippen molar-refractivity contribution in [3.8, 4) is 0 Å². The highest BCUT2D eigenvalue weighted by Gasteiger charge is 2.16. The van der Waals surface area contributed by atoms with Crippen LogP contribution in [-0.2, 0) is 18.3 Å². The van der Waals surface area contributed by atoms with Crippen LogP contribution in [0, 0.1) is 12.8 Å². The molecule has 5 nitrogen and oxygen atoms in total. The van der Waals surface area contributed by atoms with Gasteiger partial charge in [0.1, 0.15) is 5.82 Å². The minimum atomic E-state index is 0.718. The van der Waals surface area contributed by atoms with Crippen molar-refractivity contribution in [2.45, 2.75) is 33.7 Å². The summed E-state index contributed by atoms with van der Waals surface area (Å²) in [6.07, 6.45) is 1.19. The maximum Gasteiger partial charge on any atom is 0.131 e. The molecule has 0 unspecified atom stereocenters. The van der Waals surface area contributed by atoms with Gasteiger partial charge in [-0.3, -0.25) is 4.68 Å². The van der Waals surface area contributed by atoms with Crippen molar-refractivity contribution in [3.63, 3.8) is 0 Å². The Morgan fingerprint density at radius 2 is 2.10 bits per heavy atom. The van der Waals surface area contributed by atoms with Crippen LogP contribution in [0.25, 0.3) is 0 Å². The largest absolute Gasteiger partial charge is 0.383 e. The normalized spacial score (nSPS) is 11.3. The third-order valence-corrected chi connectivity index (χ3v) is 3.50. The standard InChI is InChI=1S/C15H30N4O/c1-12(2)7-9-18(4)15-14(11-16-8-10-20-6)13(3)17-19(15)5/h12,16H,7-11H2,1-6H3. The molecule has 116 valence electrons. The van der Waals surface area contributed by atoms with Crippen molar-refractivity contribution in [3.05, 3.63) is 11.3 Å². The molecule has 0 atom stereocenters. The Balaban J connectivity index is 2.72. The van der Waals surface area contributed by atoms with Crippen molar-refractivity contribution in [2.75, 3.05) is 38.8 Å². The van der Waals surface area contributed by atoms with Crippen LogP contribution in [0.15, 0.2) is 0 Å². The molecule has 1 heterocycles. The van der Waals surface area contributed by atoms with E-state index >= 15 is 0 Å². The van der Waals surface area contributed by atoms with Gasteiger partial charge in [-0.1, -0.05) is 13.8 Å². The summed E-state index contributed by atoms with van der Waals surface area (Å²) in [6.45, 7) is 10.1. The van der Waals surface area contributed by atoms with Gasteiger partial charge >= 0.3 is 0 Å². The molecule has 0 aliphatic rings. The molecule has 0 saturated heterocycles. The van der Waals surface area contributed by atoms with Gasteiger partial charge in [0.05, 0.1) is 12.3 Å². The van der Waals surface area contributed by atoms with Crippen LogP contribution in [0.1, 0.15) is 31.5 Å². The smallest absolute Gasteiger partial charge is 0.131 e. The Morgan fingerprint density at radius 3 is 2.70 bits per heavy atom. The van der Waals surface area contributed by atoms with E-state index in [4.69, 9.17) is 4.74 Å². The molecule has 20 heavy (non-hydrogen) atoms. The van der Waals surface area contributed by atoms with Gasteiger partial charge < -0.3 is 15.0 Å². The summed E-state index contributed by atoms with van der Waals surface area (Å²) in [7, 11) is 5.90. The first-order chi connectivity index (χ1) is 9.47. The highest BCUT2D eigenvalue weighted by atomic mass is 16.5. The topological polar surface area (TPSA) is 42.3 Å². The van der Waals surface area contributed by atoms with Crippen LogP contribution in [0.2, 0.25) is 0 Å². The number of hydrogen-bond donors (Lipinski definition) is 1. The second kappa shape index (κ2) is 8.27. The predicted octanol–water partition coefficient (Wildman–Crippen LogP) is 1.95. The lowest BCUT2D eigenvalue weighted by atomic mass is 10.1. The molecule has 0 spiro atoms. The number of hydrogen-bond acceptors (Lipinski definition) is 4. The lowest BCUT2D eigenvalue weighted by molar-refractivity contribution is 0.199. The van der Waals surface area contributed by atoms with Gasteiger partial charge in [-0.2, -0.15) is 5.10 Å². The van der Waals surface area contributed by atoms with E-state index in [1.807, 2.05) is 11.7 Å². The Labute approximate surface area is 123 Å². The van der Waals surface area contributed by atoms with Gasteiger partial charge in [0, 0.05) is 46.4 Å². The zero-order valence-corrected chi connectivity index (χ0v) is 13.9. The summed E-state index contributed by atoms with van der Waals surface area (Å²) in [6, 6.07) is 0. The first-order valence-electron chi connectivity index (χ1n) is 7.40. The number of nitrogens with zero attached hydrogens (tertiary/aromatic N) is 3. The Hall–Kier alpha value is -1.07.